The Balaban J connectivity index is 2.15. The molecule has 1 amide bonds. The summed E-state index contributed by atoms with van der Waals surface area (Å²) in [7, 11) is 0. The Morgan fingerprint density at radius 3 is 2.83 bits per heavy atom. The average molecular weight is 332 g/mol. The molecule has 0 saturated heterocycles. The molecule has 0 atom stereocenters. The van der Waals surface area contributed by atoms with Crippen molar-refractivity contribution in [2.24, 2.45) is 0 Å². The summed E-state index contributed by atoms with van der Waals surface area (Å²) in [5.74, 6) is -0.207. The molecule has 0 unspecified atom stereocenters. The maximum atomic E-state index is 12.8. The van der Waals surface area contributed by atoms with Gasteiger partial charge in [0.2, 0.25) is 5.91 Å². The van der Waals surface area contributed by atoms with Crippen LogP contribution < -0.4 is 10.9 Å². The van der Waals surface area contributed by atoms with E-state index >= 15 is 0 Å². The monoisotopic (exact) mass is 332 g/mol. The Hall–Kier alpha value is -2.15. The molecule has 3 rings (SSSR count). The number of carbonyl (C=O) groups excluding carboxylic acids is 1. The molecule has 7 heteroatoms. The van der Waals surface area contributed by atoms with E-state index in [1.54, 1.807) is 17.5 Å². The fraction of sp³-hybridized carbons (Fsp3) is 0.438. The molecule has 3 aromatic heterocycles. The molecule has 122 valence electrons. The van der Waals surface area contributed by atoms with Crippen LogP contribution in [0.1, 0.15) is 25.6 Å². The smallest absolute Gasteiger partial charge is 0.291 e. The zero-order chi connectivity index (χ0) is 16.7. The first kappa shape index (κ1) is 15.7. The van der Waals surface area contributed by atoms with Crippen LogP contribution in [0.5, 0.6) is 0 Å². The van der Waals surface area contributed by atoms with Crippen LogP contribution >= 0.6 is 11.3 Å². The number of aryl methyl sites for hydroxylation is 2. The van der Waals surface area contributed by atoms with Crippen molar-refractivity contribution in [3.05, 3.63) is 27.5 Å². The molecule has 0 saturated carbocycles. The van der Waals surface area contributed by atoms with Gasteiger partial charge < -0.3 is 9.88 Å². The zero-order valence-electron chi connectivity index (χ0n) is 13.7. The van der Waals surface area contributed by atoms with E-state index in [9.17, 15) is 9.59 Å². The van der Waals surface area contributed by atoms with Crippen LogP contribution in [0.3, 0.4) is 0 Å². The van der Waals surface area contributed by atoms with Crippen molar-refractivity contribution in [1.82, 2.24) is 19.7 Å². The summed E-state index contributed by atoms with van der Waals surface area (Å²) in [6, 6.07) is 2.13. The van der Waals surface area contributed by atoms with Gasteiger partial charge in [-0.1, -0.05) is 0 Å². The highest BCUT2D eigenvalue weighted by atomic mass is 32.1. The Morgan fingerprint density at radius 2 is 2.17 bits per heavy atom. The third-order valence-electron chi connectivity index (χ3n) is 3.72. The van der Waals surface area contributed by atoms with E-state index in [-0.39, 0.29) is 24.1 Å². The highest BCUT2D eigenvalue weighted by molar-refractivity contribution is 7.20. The van der Waals surface area contributed by atoms with Gasteiger partial charge in [-0.25, -0.2) is 4.68 Å². The number of rotatable bonds is 4. The molecule has 0 aromatic carbocycles. The second-order valence-corrected chi connectivity index (χ2v) is 7.16. The minimum absolute atomic E-state index is 0.0368. The summed E-state index contributed by atoms with van der Waals surface area (Å²) in [6.45, 7) is 8.48. The van der Waals surface area contributed by atoms with Gasteiger partial charge in [-0.15, -0.1) is 11.3 Å². The minimum atomic E-state index is -0.218. The predicted octanol–water partition coefficient (Wildman–Crippen LogP) is 2.27. The van der Waals surface area contributed by atoms with Gasteiger partial charge in [0, 0.05) is 22.8 Å². The van der Waals surface area contributed by atoms with E-state index in [0.29, 0.717) is 12.1 Å². The molecular weight excluding hydrogens is 312 g/mol. The first-order valence-corrected chi connectivity index (χ1v) is 8.51. The molecular formula is C16H20N4O2S. The number of amides is 1. The summed E-state index contributed by atoms with van der Waals surface area (Å²) >= 11 is 1.67. The summed E-state index contributed by atoms with van der Waals surface area (Å²) < 4.78 is 4.33. The number of thiophene rings is 1. The normalized spacial score (nSPS) is 11.7. The molecule has 6 nitrogen and oxygen atoms in total. The van der Waals surface area contributed by atoms with Crippen LogP contribution in [0, 0.1) is 6.92 Å². The topological polar surface area (TPSA) is 68.9 Å². The maximum absolute atomic E-state index is 12.8. The third kappa shape index (κ3) is 2.65. The van der Waals surface area contributed by atoms with Crippen LogP contribution in [0.2, 0.25) is 0 Å². The number of carbonyl (C=O) groups is 1. The maximum Gasteiger partial charge on any atom is 0.291 e. The molecule has 0 aliphatic carbocycles. The number of aromatic nitrogens is 3. The minimum Gasteiger partial charge on any atom is -0.352 e. The lowest BCUT2D eigenvalue weighted by Crippen LogP contribution is -2.37. The second kappa shape index (κ2) is 5.81. The third-order valence-corrected chi connectivity index (χ3v) is 4.79. The number of nitrogens with one attached hydrogen (secondary N) is 1. The SMILES string of the molecule is CCn1c2cc(C)sc2c2cnn(CC(=O)NC(C)C)c(=O)c21. The van der Waals surface area contributed by atoms with E-state index < -0.39 is 0 Å². The van der Waals surface area contributed by atoms with Crippen LogP contribution in [-0.2, 0) is 17.9 Å². The van der Waals surface area contributed by atoms with Crippen LogP contribution in [0.25, 0.3) is 21.1 Å². The highest BCUT2D eigenvalue weighted by Gasteiger charge is 2.18. The van der Waals surface area contributed by atoms with Gasteiger partial charge in [-0.3, -0.25) is 9.59 Å². The van der Waals surface area contributed by atoms with Crippen molar-refractivity contribution in [3.8, 4) is 0 Å². The Labute approximate surface area is 137 Å². The van der Waals surface area contributed by atoms with Gasteiger partial charge in [-0.05, 0) is 33.8 Å². The molecule has 0 bridgehead atoms. The van der Waals surface area contributed by atoms with Crippen molar-refractivity contribution >= 4 is 38.4 Å². The van der Waals surface area contributed by atoms with Gasteiger partial charge in [0.25, 0.3) is 5.56 Å². The average Bonchev–Trinajstić information content (AvgIpc) is 2.96. The molecule has 3 heterocycles. The van der Waals surface area contributed by atoms with Crippen molar-refractivity contribution in [2.45, 2.75) is 46.8 Å². The van der Waals surface area contributed by atoms with Crippen molar-refractivity contribution in [1.29, 1.82) is 0 Å². The van der Waals surface area contributed by atoms with E-state index in [0.717, 1.165) is 15.6 Å². The van der Waals surface area contributed by atoms with E-state index in [1.807, 2.05) is 25.3 Å². The molecule has 1 N–H and O–H groups in total. The van der Waals surface area contributed by atoms with Crippen molar-refractivity contribution in [3.63, 3.8) is 0 Å². The number of nitrogens with zero attached hydrogens (tertiary/aromatic N) is 3. The van der Waals surface area contributed by atoms with Crippen molar-refractivity contribution in [2.75, 3.05) is 0 Å². The van der Waals surface area contributed by atoms with Crippen LogP contribution in [0.15, 0.2) is 17.1 Å². The van der Waals surface area contributed by atoms with Gasteiger partial charge in [0.05, 0.1) is 16.4 Å². The lowest BCUT2D eigenvalue weighted by atomic mass is 10.3. The number of hydrogen-bond acceptors (Lipinski definition) is 4. The van der Waals surface area contributed by atoms with E-state index in [1.165, 1.54) is 9.56 Å². The standard InChI is InChI=1S/C16H20N4O2S/c1-5-19-12-6-10(4)23-15(12)11-7-17-20(16(22)14(11)19)8-13(21)18-9(2)3/h6-7,9H,5,8H2,1-4H3,(H,18,21). The second-order valence-electron chi connectivity index (χ2n) is 5.91. The summed E-state index contributed by atoms with van der Waals surface area (Å²) in [4.78, 5) is 25.9. The predicted molar refractivity (Wildman–Crippen MR) is 93.1 cm³/mol. The fourth-order valence-electron chi connectivity index (χ4n) is 2.86. The molecule has 0 spiro atoms. The van der Waals surface area contributed by atoms with Crippen LogP contribution in [0.4, 0.5) is 0 Å². The van der Waals surface area contributed by atoms with Gasteiger partial charge in [0.15, 0.2) is 0 Å². The fourth-order valence-corrected chi connectivity index (χ4v) is 3.89. The molecule has 0 radical (unpaired) electrons. The van der Waals surface area contributed by atoms with Gasteiger partial charge in [0.1, 0.15) is 12.1 Å². The number of hydrogen-bond donors (Lipinski definition) is 1. The van der Waals surface area contributed by atoms with E-state index in [2.05, 4.69) is 23.4 Å². The summed E-state index contributed by atoms with van der Waals surface area (Å²) in [6.07, 6.45) is 1.70. The molecule has 0 fully saturated rings. The quantitative estimate of drug-likeness (QED) is 0.797. The lowest BCUT2D eigenvalue weighted by Gasteiger charge is -2.09. The van der Waals surface area contributed by atoms with Crippen LogP contribution in [-0.4, -0.2) is 26.3 Å². The first-order valence-electron chi connectivity index (χ1n) is 7.70. The van der Waals surface area contributed by atoms with E-state index in [4.69, 9.17) is 0 Å². The summed E-state index contributed by atoms with van der Waals surface area (Å²) in [5, 5.41) is 7.84. The molecule has 3 aromatic rings. The molecule has 23 heavy (non-hydrogen) atoms. The largest absolute Gasteiger partial charge is 0.352 e. The zero-order valence-corrected chi connectivity index (χ0v) is 14.5. The first-order chi connectivity index (χ1) is 10.9. The summed E-state index contributed by atoms with van der Waals surface area (Å²) in [5.41, 5.74) is 1.47. The van der Waals surface area contributed by atoms with Gasteiger partial charge in [-0.2, -0.15) is 5.10 Å². The van der Waals surface area contributed by atoms with Gasteiger partial charge >= 0.3 is 0 Å². The Kier molecular flexibility index (Phi) is 3.97. The highest BCUT2D eigenvalue weighted by Crippen LogP contribution is 2.33. The molecule has 0 aliphatic rings. The Morgan fingerprint density at radius 1 is 1.43 bits per heavy atom. The van der Waals surface area contributed by atoms with Crippen molar-refractivity contribution < 1.29 is 4.79 Å². The number of fused-ring (bicyclic) bond motifs is 3. The lowest BCUT2D eigenvalue weighted by molar-refractivity contribution is -0.122. The Bertz CT molecular complexity index is 948. The molecule has 0 aliphatic heterocycles.